The van der Waals surface area contributed by atoms with Gasteiger partial charge in [-0.1, -0.05) is 0 Å². The highest BCUT2D eigenvalue weighted by Crippen LogP contribution is 2.29. The fraction of sp³-hybridized carbons (Fsp3) is 0.308. The molecular formula is C13H15N5OS. The lowest BCUT2D eigenvalue weighted by atomic mass is 10.1. The van der Waals surface area contributed by atoms with Crippen LogP contribution in [0, 0.1) is 5.41 Å². The van der Waals surface area contributed by atoms with Crippen molar-refractivity contribution in [2.24, 2.45) is 0 Å². The predicted molar refractivity (Wildman–Crippen MR) is 76.7 cm³/mol. The molecule has 20 heavy (non-hydrogen) atoms. The van der Waals surface area contributed by atoms with E-state index in [0.717, 1.165) is 12.4 Å². The largest absolute Gasteiger partial charge is 0.369 e. The van der Waals surface area contributed by atoms with Crippen molar-refractivity contribution in [2.45, 2.75) is 29.8 Å². The number of hydrogen-bond donors (Lipinski definition) is 2. The average molecular weight is 289 g/mol. The van der Waals surface area contributed by atoms with Crippen molar-refractivity contribution in [2.75, 3.05) is 11.9 Å². The molecule has 1 aliphatic rings. The van der Waals surface area contributed by atoms with Crippen LogP contribution in [-0.4, -0.2) is 31.2 Å². The molecule has 1 aliphatic heterocycles. The zero-order valence-corrected chi connectivity index (χ0v) is 11.9. The quantitative estimate of drug-likeness (QED) is 0.900. The molecule has 2 aromatic rings. The van der Waals surface area contributed by atoms with Crippen LogP contribution in [0.15, 0.2) is 34.4 Å². The number of hydrogen-bond acceptors (Lipinski definition) is 5. The molecule has 7 heteroatoms. The van der Waals surface area contributed by atoms with Crippen molar-refractivity contribution in [3.05, 3.63) is 30.1 Å². The first kappa shape index (κ1) is 13.0. The van der Waals surface area contributed by atoms with Crippen LogP contribution in [0.1, 0.15) is 18.9 Å². The predicted octanol–water partition coefficient (Wildman–Crippen LogP) is 1.65. The fourth-order valence-electron chi connectivity index (χ4n) is 2.25. The van der Waals surface area contributed by atoms with E-state index in [1.165, 1.54) is 0 Å². The minimum atomic E-state index is -1.39. The third-order valence-electron chi connectivity index (χ3n) is 3.23. The summed E-state index contributed by atoms with van der Waals surface area (Å²) in [6, 6.07) is 3.43. The number of aryl methyl sites for hydroxylation is 1. The molecule has 0 aliphatic carbocycles. The molecule has 0 bridgehead atoms. The van der Waals surface area contributed by atoms with Gasteiger partial charge in [-0.25, -0.2) is 8.89 Å². The second kappa shape index (κ2) is 5.16. The summed E-state index contributed by atoms with van der Waals surface area (Å²) in [6.45, 7) is 3.38. The second-order valence-corrected chi connectivity index (χ2v) is 5.85. The second-order valence-electron chi connectivity index (χ2n) is 4.45. The molecule has 0 saturated carbocycles. The zero-order valence-electron chi connectivity index (χ0n) is 11.1. The van der Waals surface area contributed by atoms with Crippen molar-refractivity contribution in [1.29, 1.82) is 5.41 Å². The molecule has 0 radical (unpaired) electrons. The van der Waals surface area contributed by atoms with Gasteiger partial charge in [0.25, 0.3) is 0 Å². The van der Waals surface area contributed by atoms with E-state index in [4.69, 9.17) is 5.41 Å². The normalized spacial score (nSPS) is 15.6. The van der Waals surface area contributed by atoms with Crippen molar-refractivity contribution in [1.82, 2.24) is 14.8 Å². The van der Waals surface area contributed by atoms with E-state index < -0.39 is 10.8 Å². The van der Waals surface area contributed by atoms with Crippen LogP contribution >= 0.6 is 0 Å². The Morgan fingerprint density at radius 3 is 2.90 bits per heavy atom. The van der Waals surface area contributed by atoms with E-state index >= 15 is 0 Å². The molecule has 0 amide bonds. The standard InChI is InChI=1S/C13H15N5OS/c1-2-18-12-11(10(14)5-8-16-12)13(17-18)20(19)9-3-6-15-7-4-9/h3-4,6-7,14,16H,2,5,8H2,1H3. The Labute approximate surface area is 119 Å². The van der Waals surface area contributed by atoms with Gasteiger partial charge in [-0.2, -0.15) is 5.10 Å². The van der Waals surface area contributed by atoms with E-state index in [2.05, 4.69) is 15.4 Å². The van der Waals surface area contributed by atoms with Crippen molar-refractivity contribution in [3.8, 4) is 0 Å². The number of nitrogens with zero attached hydrogens (tertiary/aromatic N) is 3. The Morgan fingerprint density at radius 1 is 1.45 bits per heavy atom. The molecule has 1 unspecified atom stereocenters. The van der Waals surface area contributed by atoms with E-state index in [1.807, 2.05) is 6.92 Å². The van der Waals surface area contributed by atoms with Gasteiger partial charge in [0.2, 0.25) is 0 Å². The van der Waals surface area contributed by atoms with Crippen LogP contribution in [-0.2, 0) is 17.3 Å². The maximum atomic E-state index is 12.7. The number of anilines is 1. The lowest BCUT2D eigenvalue weighted by Crippen LogP contribution is -2.20. The van der Waals surface area contributed by atoms with Crippen molar-refractivity contribution < 1.29 is 4.21 Å². The molecule has 2 N–H and O–H groups in total. The Hall–Kier alpha value is -2.02. The van der Waals surface area contributed by atoms with Crippen LogP contribution in [0.4, 0.5) is 5.82 Å². The minimum absolute atomic E-state index is 0.463. The Kier molecular flexibility index (Phi) is 3.35. The third-order valence-corrected chi connectivity index (χ3v) is 4.57. The number of rotatable bonds is 3. The van der Waals surface area contributed by atoms with Gasteiger partial charge in [0, 0.05) is 42.5 Å². The number of fused-ring (bicyclic) bond motifs is 1. The summed E-state index contributed by atoms with van der Waals surface area (Å²) < 4.78 is 14.5. The van der Waals surface area contributed by atoms with Crippen LogP contribution in [0.25, 0.3) is 0 Å². The van der Waals surface area contributed by atoms with Gasteiger partial charge >= 0.3 is 0 Å². The number of nitrogens with one attached hydrogen (secondary N) is 2. The van der Waals surface area contributed by atoms with Gasteiger partial charge < -0.3 is 10.7 Å². The molecule has 3 heterocycles. The van der Waals surface area contributed by atoms with Crippen LogP contribution < -0.4 is 5.32 Å². The summed E-state index contributed by atoms with van der Waals surface area (Å²) in [6.07, 6.45) is 3.85. The SMILES string of the molecule is CCn1nc(S(=O)c2ccncc2)c2c1NCCC2=N. The van der Waals surface area contributed by atoms with Crippen LogP contribution in [0.2, 0.25) is 0 Å². The maximum Gasteiger partial charge on any atom is 0.165 e. The summed E-state index contributed by atoms with van der Waals surface area (Å²) in [4.78, 5) is 4.59. The van der Waals surface area contributed by atoms with E-state index in [-0.39, 0.29) is 0 Å². The highest BCUT2D eigenvalue weighted by atomic mass is 32.2. The molecule has 6 nitrogen and oxygen atoms in total. The van der Waals surface area contributed by atoms with Crippen LogP contribution in [0.5, 0.6) is 0 Å². The molecule has 3 rings (SSSR count). The first-order valence-electron chi connectivity index (χ1n) is 6.46. The zero-order chi connectivity index (χ0) is 14.1. The van der Waals surface area contributed by atoms with Crippen molar-refractivity contribution >= 4 is 22.3 Å². The summed E-state index contributed by atoms with van der Waals surface area (Å²) in [5.41, 5.74) is 1.18. The number of pyridine rings is 1. The number of aromatic nitrogens is 3. The Bertz CT molecular complexity index is 680. The van der Waals surface area contributed by atoms with E-state index in [0.29, 0.717) is 34.2 Å². The molecule has 2 aromatic heterocycles. The fourth-order valence-corrected chi connectivity index (χ4v) is 3.42. The first-order chi connectivity index (χ1) is 9.72. The van der Waals surface area contributed by atoms with Gasteiger partial charge in [-0.05, 0) is 19.1 Å². The van der Waals surface area contributed by atoms with Gasteiger partial charge in [0.05, 0.1) is 5.56 Å². The molecule has 1 atom stereocenters. The average Bonchev–Trinajstić information content (AvgIpc) is 2.87. The highest BCUT2D eigenvalue weighted by molar-refractivity contribution is 7.85. The van der Waals surface area contributed by atoms with Gasteiger partial charge in [0.1, 0.15) is 16.6 Å². The first-order valence-corrected chi connectivity index (χ1v) is 7.61. The molecule has 0 aromatic carbocycles. The maximum absolute atomic E-state index is 12.7. The molecule has 0 saturated heterocycles. The molecular weight excluding hydrogens is 274 g/mol. The van der Waals surface area contributed by atoms with E-state index in [9.17, 15) is 4.21 Å². The van der Waals surface area contributed by atoms with Gasteiger partial charge in [-0.3, -0.25) is 4.98 Å². The van der Waals surface area contributed by atoms with Crippen LogP contribution in [0.3, 0.4) is 0 Å². The molecule has 0 spiro atoms. The lowest BCUT2D eigenvalue weighted by Gasteiger charge is -2.16. The topological polar surface area (TPSA) is 83.7 Å². The lowest BCUT2D eigenvalue weighted by molar-refractivity contribution is 0.636. The Balaban J connectivity index is 2.13. The highest BCUT2D eigenvalue weighted by Gasteiger charge is 2.27. The van der Waals surface area contributed by atoms with Gasteiger partial charge in [0.15, 0.2) is 5.03 Å². The summed E-state index contributed by atoms with van der Waals surface area (Å²) in [5.74, 6) is 0.807. The minimum Gasteiger partial charge on any atom is -0.369 e. The monoisotopic (exact) mass is 289 g/mol. The smallest absolute Gasteiger partial charge is 0.165 e. The van der Waals surface area contributed by atoms with Gasteiger partial charge in [-0.15, -0.1) is 0 Å². The summed E-state index contributed by atoms with van der Waals surface area (Å²) in [5, 5.41) is 16.3. The third kappa shape index (κ3) is 2.03. The van der Waals surface area contributed by atoms with Crippen molar-refractivity contribution in [3.63, 3.8) is 0 Å². The molecule has 0 fully saturated rings. The summed E-state index contributed by atoms with van der Waals surface area (Å²) >= 11 is 0. The summed E-state index contributed by atoms with van der Waals surface area (Å²) in [7, 11) is -1.39. The Morgan fingerprint density at radius 2 is 2.20 bits per heavy atom. The molecule has 104 valence electrons. The van der Waals surface area contributed by atoms with E-state index in [1.54, 1.807) is 29.2 Å².